The highest BCUT2D eigenvalue weighted by molar-refractivity contribution is 5.71. The molecule has 0 bridgehead atoms. The second-order valence-electron chi connectivity index (χ2n) is 20.9. The summed E-state index contributed by atoms with van der Waals surface area (Å²) in [4.78, 5) is 38.3. The van der Waals surface area contributed by atoms with Crippen molar-refractivity contribution >= 4 is 17.9 Å². The molecule has 0 spiro atoms. The highest BCUT2D eigenvalue weighted by Crippen LogP contribution is 2.16. The topological polar surface area (TPSA) is 78.9 Å². The van der Waals surface area contributed by atoms with E-state index in [0.717, 1.165) is 148 Å². The van der Waals surface area contributed by atoms with Crippen LogP contribution in [0.25, 0.3) is 0 Å². The van der Waals surface area contributed by atoms with Crippen molar-refractivity contribution in [3.63, 3.8) is 0 Å². The van der Waals surface area contributed by atoms with Crippen molar-refractivity contribution in [3.8, 4) is 0 Å². The molecule has 0 aromatic carbocycles. The lowest BCUT2D eigenvalue weighted by Crippen LogP contribution is -2.30. The zero-order chi connectivity index (χ0) is 56.4. The Hall–Kier alpha value is -4.45. The van der Waals surface area contributed by atoms with E-state index in [2.05, 4.69) is 154 Å². The van der Waals surface area contributed by atoms with Crippen molar-refractivity contribution in [2.24, 2.45) is 0 Å². The summed E-state index contributed by atoms with van der Waals surface area (Å²) in [5.41, 5.74) is 0. The number of hydrogen-bond donors (Lipinski definition) is 0. The van der Waals surface area contributed by atoms with Crippen LogP contribution in [0.1, 0.15) is 284 Å². The minimum atomic E-state index is -0.805. The molecular weight excluding hydrogens is 961 g/mol. The molecule has 0 saturated carbocycles. The normalized spacial score (nSPS) is 13.0. The summed E-state index contributed by atoms with van der Waals surface area (Å²) >= 11 is 0. The quantitative estimate of drug-likeness (QED) is 0.0261. The van der Waals surface area contributed by atoms with Gasteiger partial charge in [0.2, 0.25) is 0 Å². The minimum Gasteiger partial charge on any atom is -0.462 e. The van der Waals surface area contributed by atoms with Gasteiger partial charge in [0.05, 0.1) is 0 Å². The molecule has 0 N–H and O–H groups in total. The number of unbranched alkanes of at least 4 members (excludes halogenated alkanes) is 24. The molecule has 0 heterocycles. The Bertz CT molecular complexity index is 1670. The molecule has 0 aliphatic carbocycles. The Balaban J connectivity index is 4.39. The fourth-order valence-electron chi connectivity index (χ4n) is 8.65. The second kappa shape index (κ2) is 65.1. The van der Waals surface area contributed by atoms with E-state index < -0.39 is 6.10 Å². The molecule has 0 saturated heterocycles. The summed E-state index contributed by atoms with van der Waals surface area (Å²) in [7, 11) is 0. The van der Waals surface area contributed by atoms with Gasteiger partial charge in [-0.2, -0.15) is 0 Å². The molecular formula is C72H118O6. The van der Waals surface area contributed by atoms with Gasteiger partial charge in [-0.05, 0) is 116 Å². The van der Waals surface area contributed by atoms with Crippen molar-refractivity contribution in [1.29, 1.82) is 0 Å². The highest BCUT2D eigenvalue weighted by atomic mass is 16.6. The summed E-state index contributed by atoms with van der Waals surface area (Å²) in [5.74, 6) is -0.950. The zero-order valence-electron chi connectivity index (χ0n) is 50.6. The van der Waals surface area contributed by atoms with Gasteiger partial charge in [-0.1, -0.05) is 283 Å². The van der Waals surface area contributed by atoms with Gasteiger partial charge in [0, 0.05) is 19.3 Å². The number of ether oxygens (including phenoxy) is 3. The first-order valence-corrected chi connectivity index (χ1v) is 32.2. The average molecular weight is 1080 g/mol. The van der Waals surface area contributed by atoms with Crippen LogP contribution in [0.4, 0.5) is 0 Å². The molecule has 6 nitrogen and oxygen atoms in total. The van der Waals surface area contributed by atoms with E-state index in [1.807, 2.05) is 0 Å². The molecule has 0 rings (SSSR count). The molecule has 0 aliphatic heterocycles. The molecule has 0 aliphatic rings. The van der Waals surface area contributed by atoms with Gasteiger partial charge >= 0.3 is 17.9 Å². The van der Waals surface area contributed by atoms with Crippen LogP contribution >= 0.6 is 0 Å². The molecule has 6 heteroatoms. The van der Waals surface area contributed by atoms with E-state index in [9.17, 15) is 14.4 Å². The Morgan fingerprint density at radius 3 is 0.795 bits per heavy atom. The summed E-state index contributed by atoms with van der Waals surface area (Å²) in [6.45, 7) is 6.38. The minimum absolute atomic E-state index is 0.103. The fraction of sp³-hybridized carbons (Fsp3) is 0.653. The van der Waals surface area contributed by atoms with Gasteiger partial charge in [0.25, 0.3) is 0 Å². The maximum atomic E-state index is 12.9. The van der Waals surface area contributed by atoms with Crippen molar-refractivity contribution in [1.82, 2.24) is 0 Å². The van der Waals surface area contributed by atoms with E-state index in [4.69, 9.17) is 14.2 Å². The van der Waals surface area contributed by atoms with Gasteiger partial charge in [-0.15, -0.1) is 0 Å². The molecule has 1 atom stereocenters. The molecule has 0 aromatic rings. The lowest BCUT2D eigenvalue weighted by Gasteiger charge is -2.18. The lowest BCUT2D eigenvalue weighted by atomic mass is 10.0. The predicted octanol–water partition coefficient (Wildman–Crippen LogP) is 22.2. The number of carbonyl (C=O) groups is 3. The van der Waals surface area contributed by atoms with Gasteiger partial charge in [0.15, 0.2) is 6.10 Å². The Labute approximate surface area is 481 Å². The second-order valence-corrected chi connectivity index (χ2v) is 20.9. The van der Waals surface area contributed by atoms with Crippen LogP contribution in [0.3, 0.4) is 0 Å². The fourth-order valence-corrected chi connectivity index (χ4v) is 8.65. The molecule has 0 radical (unpaired) electrons. The smallest absolute Gasteiger partial charge is 0.306 e. The van der Waals surface area contributed by atoms with Gasteiger partial charge in [-0.25, -0.2) is 0 Å². The van der Waals surface area contributed by atoms with Crippen molar-refractivity contribution in [2.75, 3.05) is 13.2 Å². The maximum absolute atomic E-state index is 12.9. The molecule has 78 heavy (non-hydrogen) atoms. The van der Waals surface area contributed by atoms with E-state index in [1.54, 1.807) is 0 Å². The Morgan fingerprint density at radius 1 is 0.269 bits per heavy atom. The molecule has 0 fully saturated rings. The Morgan fingerprint density at radius 2 is 0.500 bits per heavy atom. The third kappa shape index (κ3) is 62.4. The molecule has 0 amide bonds. The van der Waals surface area contributed by atoms with Crippen molar-refractivity contribution < 1.29 is 28.6 Å². The summed E-state index contributed by atoms with van der Waals surface area (Å²) in [6, 6.07) is 0. The number of esters is 3. The summed E-state index contributed by atoms with van der Waals surface area (Å²) in [6.07, 6.45) is 91.8. The van der Waals surface area contributed by atoms with Crippen LogP contribution < -0.4 is 0 Å². The van der Waals surface area contributed by atoms with Crippen molar-refractivity contribution in [2.45, 2.75) is 290 Å². The first-order valence-electron chi connectivity index (χ1n) is 32.2. The Kier molecular flexibility index (Phi) is 61.4. The van der Waals surface area contributed by atoms with E-state index in [1.165, 1.54) is 96.3 Å². The van der Waals surface area contributed by atoms with Gasteiger partial charge < -0.3 is 14.2 Å². The third-order valence-electron chi connectivity index (χ3n) is 13.4. The number of hydrogen-bond acceptors (Lipinski definition) is 6. The van der Waals surface area contributed by atoms with Crippen LogP contribution in [0, 0.1) is 0 Å². The average Bonchev–Trinajstić information content (AvgIpc) is 3.44. The van der Waals surface area contributed by atoms with Crippen molar-refractivity contribution in [3.05, 3.63) is 134 Å². The third-order valence-corrected chi connectivity index (χ3v) is 13.4. The molecule has 1 unspecified atom stereocenters. The largest absolute Gasteiger partial charge is 0.462 e. The van der Waals surface area contributed by atoms with Crippen LogP contribution in [0.15, 0.2) is 134 Å². The lowest BCUT2D eigenvalue weighted by molar-refractivity contribution is -0.167. The highest BCUT2D eigenvalue weighted by Gasteiger charge is 2.19. The van der Waals surface area contributed by atoms with Gasteiger partial charge in [-0.3, -0.25) is 14.4 Å². The molecule has 442 valence electrons. The van der Waals surface area contributed by atoms with E-state index in [0.29, 0.717) is 19.3 Å². The zero-order valence-corrected chi connectivity index (χ0v) is 50.6. The van der Waals surface area contributed by atoms with Crippen LogP contribution in [0.5, 0.6) is 0 Å². The van der Waals surface area contributed by atoms with Crippen LogP contribution in [0.2, 0.25) is 0 Å². The van der Waals surface area contributed by atoms with Crippen LogP contribution in [-0.2, 0) is 28.6 Å². The monoisotopic (exact) mass is 1080 g/mol. The van der Waals surface area contributed by atoms with Gasteiger partial charge in [0.1, 0.15) is 13.2 Å². The molecule has 0 aromatic heterocycles. The van der Waals surface area contributed by atoms with E-state index >= 15 is 0 Å². The SMILES string of the molecule is CC/C=C\C/C=C\C/C=C\C/C=C\C/C=C\C/C=C\C/C=C\C/C=C\CCCCCCC(=O)OCC(COC(=O)CCCCC/C=C\C/C=C\C/C=C\CC)OC(=O)CCCCCCCCCCCCCCCCCCCC. The number of rotatable bonds is 57. The van der Waals surface area contributed by atoms with Crippen LogP contribution in [-0.4, -0.2) is 37.2 Å². The summed E-state index contributed by atoms with van der Waals surface area (Å²) < 4.78 is 16.9. The first kappa shape index (κ1) is 73.5. The van der Waals surface area contributed by atoms with E-state index in [-0.39, 0.29) is 31.1 Å². The maximum Gasteiger partial charge on any atom is 0.306 e. The summed E-state index contributed by atoms with van der Waals surface area (Å²) in [5, 5.41) is 0. The predicted molar refractivity (Wildman–Crippen MR) is 339 cm³/mol. The first-order chi connectivity index (χ1) is 38.5. The number of allylic oxidation sites excluding steroid dienone is 22. The standard InChI is InChI=1S/C72H118O6/c1-4-7-10-13-16-19-22-25-27-29-31-32-33-34-35-36-37-38-39-40-41-43-44-47-50-53-56-59-62-65-71(74)77-68-69(67-76-70(73)64-61-58-55-52-49-46-24-21-18-15-12-9-6-3)78-72(75)66-63-60-57-54-51-48-45-42-30-28-26-23-20-17-14-11-8-5-2/h7,9-10,12,16,18-19,21,25,27,31-32,34-35,37-38,40-41,44,46-47,49,69H,4-6,8,11,13-15,17,20,22-24,26,28-30,33,36,39,42-43,45,48,50-68H2,1-3H3/b10-7-,12-9-,19-16-,21-18-,27-25-,32-31-,35-34-,38-37-,41-40-,47-44-,49-46-. The number of carbonyl (C=O) groups excluding carboxylic acids is 3.